The fourth-order valence-electron chi connectivity index (χ4n) is 1.67. The molecule has 0 fully saturated rings. The lowest BCUT2D eigenvalue weighted by Gasteiger charge is -2.09. The first kappa shape index (κ1) is 13.9. The first-order valence-corrected chi connectivity index (χ1v) is 5.70. The van der Waals surface area contributed by atoms with Crippen LogP contribution in [-0.4, -0.2) is 5.91 Å². The first-order valence-electron chi connectivity index (χ1n) is 5.70. The van der Waals surface area contributed by atoms with Crippen molar-refractivity contribution in [2.24, 2.45) is 0 Å². The van der Waals surface area contributed by atoms with E-state index in [1.54, 1.807) is 13.0 Å². The molecule has 0 radical (unpaired) electrons. The number of rotatable bonds is 2. The van der Waals surface area contributed by atoms with Gasteiger partial charge in [-0.2, -0.15) is 0 Å². The van der Waals surface area contributed by atoms with Crippen molar-refractivity contribution in [3.8, 4) is 0 Å². The Morgan fingerprint density at radius 2 is 1.70 bits per heavy atom. The number of carbonyl (C=O) groups is 1. The minimum Gasteiger partial charge on any atom is -0.398 e. The van der Waals surface area contributed by atoms with Crippen LogP contribution in [-0.2, 0) is 0 Å². The molecule has 3 N–H and O–H groups in total. The maximum atomic E-state index is 13.4. The summed E-state index contributed by atoms with van der Waals surface area (Å²) in [6.07, 6.45) is 0. The van der Waals surface area contributed by atoms with Gasteiger partial charge in [0.05, 0.1) is 11.3 Å². The van der Waals surface area contributed by atoms with E-state index < -0.39 is 29.0 Å². The number of aryl methyl sites for hydroxylation is 1. The monoisotopic (exact) mass is 280 g/mol. The minimum atomic E-state index is -1.32. The molecule has 0 aromatic heterocycles. The van der Waals surface area contributed by atoms with E-state index in [0.29, 0.717) is 12.1 Å². The van der Waals surface area contributed by atoms with Crippen LogP contribution in [0.2, 0.25) is 0 Å². The molecule has 0 bridgehead atoms. The molecule has 104 valence electrons. The van der Waals surface area contributed by atoms with Crippen LogP contribution in [0.4, 0.5) is 24.5 Å². The molecular weight excluding hydrogens is 269 g/mol. The van der Waals surface area contributed by atoms with E-state index in [1.165, 1.54) is 12.1 Å². The summed E-state index contributed by atoms with van der Waals surface area (Å²) < 4.78 is 39.3. The number of hydrogen-bond acceptors (Lipinski definition) is 2. The summed E-state index contributed by atoms with van der Waals surface area (Å²) in [4.78, 5) is 12.0. The largest absolute Gasteiger partial charge is 0.398 e. The number of hydrogen-bond donors (Lipinski definition) is 2. The second-order valence-corrected chi connectivity index (χ2v) is 4.29. The van der Waals surface area contributed by atoms with Gasteiger partial charge in [-0.15, -0.1) is 0 Å². The molecule has 1 amide bonds. The van der Waals surface area contributed by atoms with Gasteiger partial charge in [0, 0.05) is 17.8 Å². The molecule has 2 rings (SSSR count). The molecule has 2 aromatic rings. The van der Waals surface area contributed by atoms with Gasteiger partial charge in [0.2, 0.25) is 0 Å². The second-order valence-electron chi connectivity index (χ2n) is 4.29. The molecule has 3 nitrogen and oxygen atoms in total. The van der Waals surface area contributed by atoms with Gasteiger partial charge in [0.15, 0.2) is 11.6 Å². The molecule has 0 aliphatic rings. The highest BCUT2D eigenvalue weighted by Crippen LogP contribution is 2.21. The lowest BCUT2D eigenvalue weighted by molar-refractivity contribution is 0.102. The summed E-state index contributed by atoms with van der Waals surface area (Å²) in [7, 11) is 0. The van der Waals surface area contributed by atoms with Crippen LogP contribution in [0.25, 0.3) is 0 Å². The number of nitrogens with one attached hydrogen (secondary N) is 1. The normalized spacial score (nSPS) is 10.4. The van der Waals surface area contributed by atoms with Gasteiger partial charge in [0.25, 0.3) is 5.91 Å². The molecule has 0 saturated heterocycles. The number of nitrogen functional groups attached to an aromatic ring is 1. The van der Waals surface area contributed by atoms with Crippen molar-refractivity contribution < 1.29 is 18.0 Å². The third-order valence-corrected chi connectivity index (χ3v) is 2.71. The number of anilines is 2. The standard InChI is InChI=1S/C14H11F3N2O/c1-7-2-3-12(18)8(4-7)14(20)19-13-6-10(16)9(15)5-11(13)17/h2-6H,18H2,1H3,(H,19,20). The predicted octanol–water partition coefficient (Wildman–Crippen LogP) is 3.25. The van der Waals surface area contributed by atoms with E-state index in [4.69, 9.17) is 5.73 Å². The van der Waals surface area contributed by atoms with Crippen LogP contribution >= 0.6 is 0 Å². The summed E-state index contributed by atoms with van der Waals surface area (Å²) in [5.41, 5.74) is 6.32. The summed E-state index contributed by atoms with van der Waals surface area (Å²) >= 11 is 0. The van der Waals surface area contributed by atoms with E-state index in [-0.39, 0.29) is 11.3 Å². The highest BCUT2D eigenvalue weighted by atomic mass is 19.2. The molecule has 0 heterocycles. The zero-order chi connectivity index (χ0) is 14.9. The van der Waals surface area contributed by atoms with Crippen LogP contribution in [0.1, 0.15) is 15.9 Å². The van der Waals surface area contributed by atoms with Gasteiger partial charge in [-0.3, -0.25) is 4.79 Å². The molecule has 6 heteroatoms. The average molecular weight is 280 g/mol. The van der Waals surface area contributed by atoms with E-state index >= 15 is 0 Å². The Morgan fingerprint density at radius 3 is 2.40 bits per heavy atom. The molecule has 0 aliphatic carbocycles. The van der Waals surface area contributed by atoms with Gasteiger partial charge in [-0.1, -0.05) is 11.6 Å². The third kappa shape index (κ3) is 2.74. The topological polar surface area (TPSA) is 55.1 Å². The average Bonchev–Trinajstić information content (AvgIpc) is 2.38. The van der Waals surface area contributed by atoms with Crippen LogP contribution in [0, 0.1) is 24.4 Å². The molecule has 2 aromatic carbocycles. The molecular formula is C14H11F3N2O. The number of amides is 1. The van der Waals surface area contributed by atoms with E-state index in [9.17, 15) is 18.0 Å². The molecule has 0 saturated carbocycles. The fraction of sp³-hybridized carbons (Fsp3) is 0.0714. The maximum Gasteiger partial charge on any atom is 0.257 e. The Hall–Kier alpha value is -2.50. The summed E-state index contributed by atoms with van der Waals surface area (Å²) in [6.45, 7) is 1.76. The third-order valence-electron chi connectivity index (χ3n) is 2.71. The summed E-state index contributed by atoms with van der Waals surface area (Å²) in [5, 5.41) is 2.16. The molecule has 0 atom stereocenters. The first-order chi connectivity index (χ1) is 9.38. The maximum absolute atomic E-state index is 13.4. The van der Waals surface area contributed by atoms with Crippen molar-refractivity contribution in [3.05, 3.63) is 58.9 Å². The second kappa shape index (κ2) is 5.24. The Labute approximate surface area is 113 Å². The highest BCUT2D eigenvalue weighted by molar-refractivity contribution is 6.07. The lowest BCUT2D eigenvalue weighted by Crippen LogP contribution is -2.15. The van der Waals surface area contributed by atoms with Gasteiger partial charge in [-0.25, -0.2) is 13.2 Å². The van der Waals surface area contributed by atoms with Crippen LogP contribution in [0.5, 0.6) is 0 Å². The Bertz CT molecular complexity index is 686. The number of carbonyl (C=O) groups excluding carboxylic acids is 1. The Balaban J connectivity index is 2.32. The number of benzene rings is 2. The van der Waals surface area contributed by atoms with Crippen molar-refractivity contribution in [1.82, 2.24) is 0 Å². The summed E-state index contributed by atoms with van der Waals surface area (Å²) in [6, 6.07) is 5.71. The fourth-order valence-corrected chi connectivity index (χ4v) is 1.67. The van der Waals surface area contributed by atoms with Crippen molar-refractivity contribution in [1.29, 1.82) is 0 Å². The minimum absolute atomic E-state index is 0.133. The molecule has 0 spiro atoms. The molecule has 20 heavy (non-hydrogen) atoms. The Kier molecular flexibility index (Phi) is 3.65. The van der Waals surface area contributed by atoms with E-state index in [2.05, 4.69) is 5.32 Å². The van der Waals surface area contributed by atoms with E-state index in [1.807, 2.05) is 0 Å². The van der Waals surface area contributed by atoms with Gasteiger partial charge >= 0.3 is 0 Å². The zero-order valence-corrected chi connectivity index (χ0v) is 10.5. The van der Waals surface area contributed by atoms with Crippen molar-refractivity contribution >= 4 is 17.3 Å². The zero-order valence-electron chi connectivity index (χ0n) is 10.5. The SMILES string of the molecule is Cc1ccc(N)c(C(=O)Nc2cc(F)c(F)cc2F)c1. The lowest BCUT2D eigenvalue weighted by atomic mass is 10.1. The van der Waals surface area contributed by atoms with Crippen LogP contribution in [0.3, 0.4) is 0 Å². The van der Waals surface area contributed by atoms with Crippen LogP contribution in [0.15, 0.2) is 30.3 Å². The molecule has 0 unspecified atom stereocenters. The van der Waals surface area contributed by atoms with E-state index in [0.717, 1.165) is 5.56 Å². The van der Waals surface area contributed by atoms with Crippen molar-refractivity contribution in [2.45, 2.75) is 6.92 Å². The van der Waals surface area contributed by atoms with Gasteiger partial charge < -0.3 is 11.1 Å². The van der Waals surface area contributed by atoms with Crippen molar-refractivity contribution in [2.75, 3.05) is 11.1 Å². The smallest absolute Gasteiger partial charge is 0.257 e. The predicted molar refractivity (Wildman–Crippen MR) is 69.9 cm³/mol. The quantitative estimate of drug-likeness (QED) is 0.655. The highest BCUT2D eigenvalue weighted by Gasteiger charge is 2.15. The summed E-state index contributed by atoms with van der Waals surface area (Å²) in [5.74, 6) is -4.34. The van der Waals surface area contributed by atoms with Crippen LogP contribution < -0.4 is 11.1 Å². The number of nitrogens with two attached hydrogens (primary N) is 1. The van der Waals surface area contributed by atoms with Gasteiger partial charge in [-0.05, 0) is 19.1 Å². The van der Waals surface area contributed by atoms with Crippen molar-refractivity contribution in [3.63, 3.8) is 0 Å². The van der Waals surface area contributed by atoms with Gasteiger partial charge in [0.1, 0.15) is 5.82 Å². The Morgan fingerprint density at radius 1 is 1.05 bits per heavy atom. The number of halogens is 3. The molecule has 0 aliphatic heterocycles.